The smallest absolute Gasteiger partial charge is 0.327 e. The molecule has 7 nitrogen and oxygen atoms in total. The van der Waals surface area contributed by atoms with E-state index in [1.807, 2.05) is 25.1 Å². The fraction of sp³-hybridized carbons (Fsp3) is 0.375. The van der Waals surface area contributed by atoms with Gasteiger partial charge in [0.1, 0.15) is 0 Å². The van der Waals surface area contributed by atoms with E-state index in [-0.39, 0.29) is 11.7 Å². The number of hydrogen-bond donors (Lipinski definition) is 1. The van der Waals surface area contributed by atoms with Gasteiger partial charge in [0.05, 0.1) is 5.52 Å². The number of piperidine rings is 1. The van der Waals surface area contributed by atoms with Crippen molar-refractivity contribution in [2.75, 3.05) is 18.0 Å². The zero-order valence-electron chi connectivity index (χ0n) is 12.9. The maximum absolute atomic E-state index is 12.3. The summed E-state index contributed by atoms with van der Waals surface area (Å²) in [5, 5.41) is 0. The molecule has 23 heavy (non-hydrogen) atoms. The third-order valence-electron chi connectivity index (χ3n) is 4.37. The van der Waals surface area contributed by atoms with Gasteiger partial charge in [0, 0.05) is 37.2 Å². The molecule has 0 radical (unpaired) electrons. The van der Waals surface area contributed by atoms with Crippen molar-refractivity contribution in [1.82, 2.24) is 24.5 Å². The van der Waals surface area contributed by atoms with E-state index in [9.17, 15) is 4.79 Å². The standard InChI is InChI=1S/C16H18N6O/c1-11-4-8-18-15(19-11)21-9-5-12(6-10-21)22-14-13(20-16(22)23)3-2-7-17-14/h2-4,7-8,12H,5-6,9-10H2,1H3,(H,20,23). The number of aromatic nitrogens is 5. The van der Waals surface area contributed by atoms with Crippen molar-refractivity contribution in [3.05, 3.63) is 46.8 Å². The van der Waals surface area contributed by atoms with Crippen molar-refractivity contribution in [2.45, 2.75) is 25.8 Å². The Kier molecular flexibility index (Phi) is 3.33. The number of rotatable bonds is 2. The first kappa shape index (κ1) is 13.9. The molecule has 4 rings (SSSR count). The first-order valence-electron chi connectivity index (χ1n) is 7.82. The molecule has 7 heteroatoms. The quantitative estimate of drug-likeness (QED) is 0.779. The number of aryl methyl sites for hydroxylation is 1. The minimum absolute atomic E-state index is 0.0797. The Labute approximate surface area is 133 Å². The minimum Gasteiger partial charge on any atom is -0.341 e. The number of pyridine rings is 1. The zero-order valence-corrected chi connectivity index (χ0v) is 12.9. The average molecular weight is 310 g/mol. The predicted molar refractivity (Wildman–Crippen MR) is 87.6 cm³/mol. The number of anilines is 1. The Morgan fingerprint density at radius 1 is 1.17 bits per heavy atom. The van der Waals surface area contributed by atoms with Crippen molar-refractivity contribution >= 4 is 17.1 Å². The molecule has 0 aromatic carbocycles. The van der Waals surface area contributed by atoms with Gasteiger partial charge in [0.2, 0.25) is 5.95 Å². The molecular weight excluding hydrogens is 292 g/mol. The Morgan fingerprint density at radius 3 is 2.78 bits per heavy atom. The van der Waals surface area contributed by atoms with Crippen LogP contribution in [0.25, 0.3) is 11.2 Å². The van der Waals surface area contributed by atoms with Crippen LogP contribution in [0.15, 0.2) is 35.4 Å². The molecule has 1 saturated heterocycles. The number of nitrogens with one attached hydrogen (secondary N) is 1. The van der Waals surface area contributed by atoms with Crippen LogP contribution in [0.4, 0.5) is 5.95 Å². The summed E-state index contributed by atoms with van der Waals surface area (Å²) >= 11 is 0. The highest BCUT2D eigenvalue weighted by molar-refractivity contribution is 5.70. The lowest BCUT2D eigenvalue weighted by molar-refractivity contribution is 0.392. The highest BCUT2D eigenvalue weighted by Crippen LogP contribution is 2.25. The van der Waals surface area contributed by atoms with E-state index in [4.69, 9.17) is 0 Å². The summed E-state index contributed by atoms with van der Waals surface area (Å²) in [7, 11) is 0. The van der Waals surface area contributed by atoms with Crippen LogP contribution in [-0.4, -0.2) is 37.6 Å². The molecule has 0 saturated carbocycles. The van der Waals surface area contributed by atoms with Crippen LogP contribution in [0.1, 0.15) is 24.6 Å². The lowest BCUT2D eigenvalue weighted by atomic mass is 10.1. The van der Waals surface area contributed by atoms with Crippen LogP contribution in [0, 0.1) is 6.92 Å². The summed E-state index contributed by atoms with van der Waals surface area (Å²) in [4.78, 5) is 30.5. The topological polar surface area (TPSA) is 79.7 Å². The van der Waals surface area contributed by atoms with Gasteiger partial charge in [-0.25, -0.2) is 19.7 Å². The second-order valence-corrected chi connectivity index (χ2v) is 5.89. The van der Waals surface area contributed by atoms with E-state index in [1.165, 1.54) is 0 Å². The molecule has 0 aliphatic carbocycles. The van der Waals surface area contributed by atoms with Crippen LogP contribution in [0.3, 0.4) is 0 Å². The molecule has 0 spiro atoms. The van der Waals surface area contributed by atoms with Gasteiger partial charge in [-0.05, 0) is 38.0 Å². The van der Waals surface area contributed by atoms with Crippen LogP contribution in [-0.2, 0) is 0 Å². The van der Waals surface area contributed by atoms with E-state index >= 15 is 0 Å². The number of hydrogen-bond acceptors (Lipinski definition) is 5. The average Bonchev–Trinajstić information content (AvgIpc) is 2.91. The normalized spacial score (nSPS) is 16.1. The molecule has 0 unspecified atom stereocenters. The Morgan fingerprint density at radius 2 is 2.00 bits per heavy atom. The van der Waals surface area contributed by atoms with Crippen molar-refractivity contribution in [2.24, 2.45) is 0 Å². The van der Waals surface area contributed by atoms with Crippen LogP contribution < -0.4 is 10.6 Å². The van der Waals surface area contributed by atoms with Crippen molar-refractivity contribution < 1.29 is 0 Å². The molecule has 0 atom stereocenters. The number of nitrogens with zero attached hydrogens (tertiary/aromatic N) is 5. The molecule has 0 bridgehead atoms. The van der Waals surface area contributed by atoms with Gasteiger partial charge in [-0.1, -0.05) is 0 Å². The fourth-order valence-electron chi connectivity index (χ4n) is 3.21. The van der Waals surface area contributed by atoms with Crippen molar-refractivity contribution in [1.29, 1.82) is 0 Å². The molecule has 1 aliphatic heterocycles. The van der Waals surface area contributed by atoms with Gasteiger partial charge in [-0.3, -0.25) is 4.57 Å². The second-order valence-electron chi connectivity index (χ2n) is 5.89. The maximum atomic E-state index is 12.3. The van der Waals surface area contributed by atoms with Crippen molar-refractivity contribution in [3.63, 3.8) is 0 Å². The number of H-pyrrole nitrogens is 1. The third-order valence-corrected chi connectivity index (χ3v) is 4.37. The molecule has 3 aromatic rings. The summed E-state index contributed by atoms with van der Waals surface area (Å²) in [5.74, 6) is 0.771. The third kappa shape index (κ3) is 2.48. The Hall–Kier alpha value is -2.70. The number of fused-ring (bicyclic) bond motifs is 1. The van der Waals surface area contributed by atoms with E-state index in [1.54, 1.807) is 17.0 Å². The van der Waals surface area contributed by atoms with Gasteiger partial charge in [0.15, 0.2) is 5.65 Å². The minimum atomic E-state index is -0.0797. The zero-order chi connectivity index (χ0) is 15.8. The molecular formula is C16H18N6O. The summed E-state index contributed by atoms with van der Waals surface area (Å²) in [6.07, 6.45) is 5.27. The first-order chi connectivity index (χ1) is 11.2. The summed E-state index contributed by atoms with van der Waals surface area (Å²) in [6.45, 7) is 3.63. The first-order valence-corrected chi connectivity index (χ1v) is 7.82. The predicted octanol–water partition coefficient (Wildman–Crippen LogP) is 1.66. The van der Waals surface area contributed by atoms with E-state index < -0.39 is 0 Å². The van der Waals surface area contributed by atoms with E-state index in [0.29, 0.717) is 0 Å². The Balaban J connectivity index is 1.57. The molecule has 0 amide bonds. The molecule has 3 aromatic heterocycles. The number of aromatic amines is 1. The molecule has 118 valence electrons. The summed E-state index contributed by atoms with van der Waals surface area (Å²) in [5.41, 5.74) is 2.42. The van der Waals surface area contributed by atoms with Crippen LogP contribution in [0.2, 0.25) is 0 Å². The van der Waals surface area contributed by atoms with Crippen molar-refractivity contribution in [3.8, 4) is 0 Å². The SMILES string of the molecule is Cc1ccnc(N2CCC(n3c(=O)[nH]c4cccnc43)CC2)n1. The summed E-state index contributed by atoms with van der Waals surface area (Å²) in [6, 6.07) is 5.77. The van der Waals surface area contributed by atoms with E-state index in [2.05, 4.69) is 24.8 Å². The molecule has 1 fully saturated rings. The monoisotopic (exact) mass is 310 g/mol. The summed E-state index contributed by atoms with van der Waals surface area (Å²) < 4.78 is 1.80. The van der Waals surface area contributed by atoms with Gasteiger partial charge >= 0.3 is 5.69 Å². The molecule has 1 N–H and O–H groups in total. The van der Waals surface area contributed by atoms with Crippen LogP contribution >= 0.6 is 0 Å². The molecule has 4 heterocycles. The molecule has 1 aliphatic rings. The number of imidazole rings is 1. The fourth-order valence-corrected chi connectivity index (χ4v) is 3.21. The van der Waals surface area contributed by atoms with Gasteiger partial charge in [-0.15, -0.1) is 0 Å². The second kappa shape index (κ2) is 5.49. The Bertz CT molecular complexity index is 891. The van der Waals surface area contributed by atoms with Gasteiger partial charge in [0.25, 0.3) is 0 Å². The highest BCUT2D eigenvalue weighted by Gasteiger charge is 2.25. The van der Waals surface area contributed by atoms with Gasteiger partial charge in [-0.2, -0.15) is 0 Å². The lowest BCUT2D eigenvalue weighted by Crippen LogP contribution is -2.38. The largest absolute Gasteiger partial charge is 0.341 e. The van der Waals surface area contributed by atoms with Gasteiger partial charge < -0.3 is 9.88 Å². The highest BCUT2D eigenvalue weighted by atomic mass is 16.1. The lowest BCUT2D eigenvalue weighted by Gasteiger charge is -2.32. The van der Waals surface area contributed by atoms with Crippen LogP contribution in [0.5, 0.6) is 0 Å². The maximum Gasteiger partial charge on any atom is 0.327 e. The van der Waals surface area contributed by atoms with E-state index in [0.717, 1.165) is 48.7 Å².